The molecule has 0 radical (unpaired) electrons. The Morgan fingerprint density at radius 1 is 1.10 bits per heavy atom. The normalized spacial score (nSPS) is 20.7. The molecule has 0 amide bonds. The summed E-state index contributed by atoms with van der Waals surface area (Å²) >= 11 is 5.99. The summed E-state index contributed by atoms with van der Waals surface area (Å²) in [5.74, 6) is -0.0600. The van der Waals surface area contributed by atoms with E-state index in [1.54, 1.807) is 18.2 Å². The number of hydrogen-bond donors (Lipinski definition) is 1. The van der Waals surface area contributed by atoms with Crippen molar-refractivity contribution in [2.45, 2.75) is 38.2 Å². The molecule has 0 saturated carbocycles. The number of sulfonamides is 1. The van der Waals surface area contributed by atoms with Crippen molar-refractivity contribution >= 4 is 21.6 Å². The molecule has 0 aromatic heterocycles. The standard InChI is InChI=1S/C22H29ClFN3O3S/c1-16-13-27(14-18-3-6-21(24)7-4-18)17(2)12-26(16)9-10-30-22-8-5-20(23)11-19(22)15-31(25,28)29/h3-8,11,16-17H,9-10,12-15H2,1-2H3,(H2,25,28,29). The third kappa shape index (κ3) is 7.15. The van der Waals surface area contributed by atoms with Gasteiger partial charge in [-0.25, -0.2) is 17.9 Å². The first kappa shape index (κ1) is 23.9. The molecule has 31 heavy (non-hydrogen) atoms. The summed E-state index contributed by atoms with van der Waals surface area (Å²) in [4.78, 5) is 4.76. The van der Waals surface area contributed by atoms with Crippen LogP contribution in [0.5, 0.6) is 5.75 Å². The quantitative estimate of drug-likeness (QED) is 0.642. The molecule has 9 heteroatoms. The first-order chi connectivity index (χ1) is 14.6. The van der Waals surface area contributed by atoms with Crippen LogP contribution in [0.4, 0.5) is 4.39 Å². The smallest absolute Gasteiger partial charge is 0.213 e. The van der Waals surface area contributed by atoms with Gasteiger partial charge in [-0.05, 0) is 49.7 Å². The van der Waals surface area contributed by atoms with Gasteiger partial charge in [0.15, 0.2) is 0 Å². The molecular weight excluding hydrogens is 441 g/mol. The highest BCUT2D eigenvalue weighted by Gasteiger charge is 2.28. The van der Waals surface area contributed by atoms with Gasteiger partial charge in [-0.15, -0.1) is 0 Å². The summed E-state index contributed by atoms with van der Waals surface area (Å²) in [5, 5.41) is 5.62. The minimum atomic E-state index is -3.69. The SMILES string of the molecule is CC1CN(Cc2ccc(F)cc2)C(C)CN1CCOc1ccc(Cl)cc1CS(N)(=O)=O. The molecule has 1 aliphatic heterocycles. The number of nitrogens with two attached hydrogens (primary N) is 1. The lowest BCUT2D eigenvalue weighted by molar-refractivity contribution is 0.0302. The third-order valence-corrected chi connectivity index (χ3v) is 6.51. The van der Waals surface area contributed by atoms with E-state index in [4.69, 9.17) is 21.5 Å². The number of benzene rings is 2. The van der Waals surface area contributed by atoms with Gasteiger partial charge in [0, 0.05) is 48.8 Å². The zero-order valence-corrected chi connectivity index (χ0v) is 19.4. The highest BCUT2D eigenvalue weighted by atomic mass is 35.5. The van der Waals surface area contributed by atoms with Crippen LogP contribution in [0.1, 0.15) is 25.0 Å². The molecular formula is C22H29ClFN3O3S. The summed E-state index contributed by atoms with van der Waals surface area (Å²) in [6, 6.07) is 12.2. The van der Waals surface area contributed by atoms with Crippen LogP contribution in [0.15, 0.2) is 42.5 Å². The Bertz CT molecular complexity index is 988. The van der Waals surface area contributed by atoms with Crippen LogP contribution in [0, 0.1) is 5.82 Å². The molecule has 0 spiro atoms. The van der Waals surface area contributed by atoms with E-state index in [0.717, 1.165) is 25.2 Å². The maximum atomic E-state index is 13.1. The number of piperazine rings is 1. The van der Waals surface area contributed by atoms with Crippen molar-refractivity contribution < 1.29 is 17.5 Å². The van der Waals surface area contributed by atoms with Crippen LogP contribution in [-0.2, 0) is 22.3 Å². The second-order valence-corrected chi connectivity index (χ2v) is 10.2. The molecule has 2 aromatic rings. The summed E-state index contributed by atoms with van der Waals surface area (Å²) in [6.07, 6.45) is 0. The number of rotatable bonds is 8. The van der Waals surface area contributed by atoms with Crippen LogP contribution in [0.2, 0.25) is 5.02 Å². The average Bonchev–Trinajstić information content (AvgIpc) is 2.67. The molecule has 6 nitrogen and oxygen atoms in total. The Balaban J connectivity index is 1.54. The molecule has 2 unspecified atom stereocenters. The lowest BCUT2D eigenvalue weighted by Gasteiger charge is -2.44. The van der Waals surface area contributed by atoms with E-state index in [9.17, 15) is 12.8 Å². The minimum absolute atomic E-state index is 0.220. The molecule has 170 valence electrons. The molecule has 1 fully saturated rings. The van der Waals surface area contributed by atoms with Crippen molar-refractivity contribution in [3.8, 4) is 5.75 Å². The average molecular weight is 470 g/mol. The molecule has 2 aromatic carbocycles. The van der Waals surface area contributed by atoms with Gasteiger partial charge < -0.3 is 4.74 Å². The van der Waals surface area contributed by atoms with Crippen LogP contribution < -0.4 is 9.88 Å². The Kier molecular flexibility index (Phi) is 7.93. The largest absolute Gasteiger partial charge is 0.492 e. The van der Waals surface area contributed by atoms with Crippen LogP contribution in [-0.4, -0.2) is 56.5 Å². The third-order valence-electron chi connectivity index (χ3n) is 5.56. The van der Waals surface area contributed by atoms with Crippen molar-refractivity contribution in [2.75, 3.05) is 26.2 Å². The lowest BCUT2D eigenvalue weighted by atomic mass is 10.1. The second-order valence-electron chi connectivity index (χ2n) is 8.16. The molecule has 1 heterocycles. The van der Waals surface area contributed by atoms with Gasteiger partial charge in [-0.2, -0.15) is 0 Å². The molecule has 0 bridgehead atoms. The van der Waals surface area contributed by atoms with E-state index in [2.05, 4.69) is 23.6 Å². The zero-order chi connectivity index (χ0) is 22.6. The van der Waals surface area contributed by atoms with Crippen molar-refractivity contribution in [3.63, 3.8) is 0 Å². The maximum absolute atomic E-state index is 13.1. The summed E-state index contributed by atoms with van der Waals surface area (Å²) in [7, 11) is -3.69. The minimum Gasteiger partial charge on any atom is -0.492 e. The van der Waals surface area contributed by atoms with Gasteiger partial charge in [-0.1, -0.05) is 23.7 Å². The van der Waals surface area contributed by atoms with Crippen LogP contribution >= 0.6 is 11.6 Å². The Hall–Kier alpha value is -1.71. The summed E-state index contributed by atoms with van der Waals surface area (Å²) < 4.78 is 42.0. The topological polar surface area (TPSA) is 75.9 Å². The molecule has 1 aliphatic rings. The van der Waals surface area contributed by atoms with E-state index < -0.39 is 10.0 Å². The number of primary sulfonamides is 1. The second kappa shape index (κ2) is 10.3. The zero-order valence-electron chi connectivity index (χ0n) is 17.8. The van der Waals surface area contributed by atoms with Gasteiger partial charge in [0.25, 0.3) is 0 Å². The van der Waals surface area contributed by atoms with Crippen molar-refractivity contribution in [1.82, 2.24) is 9.80 Å². The highest BCUT2D eigenvalue weighted by Crippen LogP contribution is 2.25. The number of hydrogen-bond acceptors (Lipinski definition) is 5. The number of ether oxygens (including phenoxy) is 1. The monoisotopic (exact) mass is 469 g/mol. The Morgan fingerprint density at radius 2 is 1.74 bits per heavy atom. The van der Waals surface area contributed by atoms with E-state index in [0.29, 0.717) is 41.6 Å². The molecule has 3 rings (SSSR count). The van der Waals surface area contributed by atoms with E-state index in [-0.39, 0.29) is 11.6 Å². The molecule has 2 atom stereocenters. The van der Waals surface area contributed by atoms with Gasteiger partial charge in [0.1, 0.15) is 18.2 Å². The fourth-order valence-electron chi connectivity index (χ4n) is 3.92. The first-order valence-corrected chi connectivity index (χ1v) is 12.3. The Morgan fingerprint density at radius 3 is 2.42 bits per heavy atom. The lowest BCUT2D eigenvalue weighted by Crippen LogP contribution is -2.56. The van der Waals surface area contributed by atoms with E-state index in [1.807, 2.05) is 12.1 Å². The first-order valence-electron chi connectivity index (χ1n) is 10.2. The fourth-order valence-corrected chi connectivity index (χ4v) is 4.77. The highest BCUT2D eigenvalue weighted by molar-refractivity contribution is 7.88. The summed E-state index contributed by atoms with van der Waals surface area (Å²) in [6.45, 7) is 8.08. The number of halogens is 2. The van der Waals surface area contributed by atoms with Crippen molar-refractivity contribution in [1.29, 1.82) is 0 Å². The summed E-state index contributed by atoms with van der Waals surface area (Å²) in [5.41, 5.74) is 1.56. The Labute approximate surface area is 188 Å². The van der Waals surface area contributed by atoms with Crippen LogP contribution in [0.3, 0.4) is 0 Å². The predicted octanol–water partition coefficient (Wildman–Crippen LogP) is 3.24. The fraction of sp³-hybridized carbons (Fsp3) is 0.455. The van der Waals surface area contributed by atoms with Gasteiger partial charge in [0.2, 0.25) is 10.0 Å². The van der Waals surface area contributed by atoms with Crippen LogP contribution in [0.25, 0.3) is 0 Å². The van der Waals surface area contributed by atoms with Crippen molar-refractivity contribution in [3.05, 3.63) is 64.4 Å². The van der Waals surface area contributed by atoms with Gasteiger partial charge in [0.05, 0.1) is 5.75 Å². The molecule has 2 N–H and O–H groups in total. The van der Waals surface area contributed by atoms with E-state index in [1.165, 1.54) is 12.1 Å². The van der Waals surface area contributed by atoms with E-state index >= 15 is 0 Å². The maximum Gasteiger partial charge on any atom is 0.213 e. The van der Waals surface area contributed by atoms with Gasteiger partial charge in [-0.3, -0.25) is 9.80 Å². The van der Waals surface area contributed by atoms with Gasteiger partial charge >= 0.3 is 0 Å². The molecule has 0 aliphatic carbocycles. The van der Waals surface area contributed by atoms with Crippen molar-refractivity contribution in [2.24, 2.45) is 5.14 Å². The predicted molar refractivity (Wildman–Crippen MR) is 121 cm³/mol. The molecule has 1 saturated heterocycles. The number of nitrogens with zero attached hydrogens (tertiary/aromatic N) is 2.